The van der Waals surface area contributed by atoms with Crippen LogP contribution in [0.4, 0.5) is 0 Å². The van der Waals surface area contributed by atoms with Crippen LogP contribution in [-0.2, 0) is 0 Å². The molecule has 1 aliphatic rings. The fraction of sp³-hybridized carbons (Fsp3) is 1.00. The summed E-state index contributed by atoms with van der Waals surface area (Å²) in [5, 5.41) is 6.76. The summed E-state index contributed by atoms with van der Waals surface area (Å²) in [5.74, 6) is 0. The van der Waals surface area contributed by atoms with Crippen LogP contribution in [0.2, 0.25) is 0 Å². The van der Waals surface area contributed by atoms with Crippen LogP contribution in [0.3, 0.4) is 0 Å². The fourth-order valence-electron chi connectivity index (χ4n) is 1.94. The Morgan fingerprint density at radius 3 is 0.929 bits per heavy atom. The number of hydrogen-bond acceptors (Lipinski definition) is 6. The summed E-state index contributed by atoms with van der Waals surface area (Å²) < 4.78 is 0. The molecule has 1 rings (SSSR count). The van der Waals surface area contributed by atoms with E-state index in [4.69, 9.17) is 22.9 Å². The van der Waals surface area contributed by atoms with Gasteiger partial charge < -0.3 is 33.6 Å². The van der Waals surface area contributed by atoms with E-state index in [-0.39, 0.29) is 24.2 Å². The number of nitrogens with one attached hydrogen (secondary N) is 2. The van der Waals surface area contributed by atoms with Gasteiger partial charge in [0.2, 0.25) is 0 Å². The fourth-order valence-corrected chi connectivity index (χ4v) is 1.94. The van der Waals surface area contributed by atoms with E-state index >= 15 is 0 Å². The summed E-state index contributed by atoms with van der Waals surface area (Å²) in [6.07, 6.45) is 0. The van der Waals surface area contributed by atoms with E-state index in [0.29, 0.717) is 26.2 Å². The highest BCUT2D eigenvalue weighted by molar-refractivity contribution is 4.99. The molecule has 1 saturated heterocycles. The Bertz CT molecular complexity index is 130. The second kappa shape index (κ2) is 5.59. The highest BCUT2D eigenvalue weighted by Gasteiger charge is 2.32. The molecular formula is C8H22N6. The zero-order valence-electron chi connectivity index (χ0n) is 8.45. The van der Waals surface area contributed by atoms with Crippen LogP contribution in [0.5, 0.6) is 0 Å². The van der Waals surface area contributed by atoms with Crippen LogP contribution in [0.1, 0.15) is 0 Å². The quantitative estimate of drug-likeness (QED) is 0.280. The SMILES string of the molecule is NCC1NC(CN)C(CN)NC1CN. The van der Waals surface area contributed by atoms with Crippen molar-refractivity contribution >= 4 is 0 Å². The van der Waals surface area contributed by atoms with Crippen LogP contribution in [0, 0.1) is 0 Å². The lowest BCUT2D eigenvalue weighted by Crippen LogP contribution is -2.72. The third-order valence-electron chi connectivity index (χ3n) is 2.84. The van der Waals surface area contributed by atoms with Crippen LogP contribution < -0.4 is 33.6 Å². The van der Waals surface area contributed by atoms with Crippen molar-refractivity contribution in [3.05, 3.63) is 0 Å². The van der Waals surface area contributed by atoms with E-state index < -0.39 is 0 Å². The lowest BCUT2D eigenvalue weighted by molar-refractivity contribution is 0.220. The van der Waals surface area contributed by atoms with Crippen molar-refractivity contribution in [3.8, 4) is 0 Å². The van der Waals surface area contributed by atoms with E-state index in [0.717, 1.165) is 0 Å². The lowest BCUT2D eigenvalue weighted by Gasteiger charge is -2.42. The van der Waals surface area contributed by atoms with Gasteiger partial charge in [0.1, 0.15) is 0 Å². The molecule has 6 heteroatoms. The maximum Gasteiger partial charge on any atom is 0.0360 e. The lowest BCUT2D eigenvalue weighted by atomic mass is 9.96. The summed E-state index contributed by atoms with van der Waals surface area (Å²) in [6.45, 7) is 2.23. The summed E-state index contributed by atoms with van der Waals surface area (Å²) >= 11 is 0. The van der Waals surface area contributed by atoms with Crippen LogP contribution in [0.25, 0.3) is 0 Å². The van der Waals surface area contributed by atoms with Gasteiger partial charge in [-0.2, -0.15) is 0 Å². The van der Waals surface area contributed by atoms with Crippen molar-refractivity contribution in [2.75, 3.05) is 26.2 Å². The second-order valence-corrected chi connectivity index (χ2v) is 3.70. The molecule has 1 fully saturated rings. The number of hydrogen-bond donors (Lipinski definition) is 6. The minimum atomic E-state index is 0.191. The van der Waals surface area contributed by atoms with Gasteiger partial charge in [-0.3, -0.25) is 0 Å². The third kappa shape index (κ3) is 2.41. The first kappa shape index (κ1) is 11.8. The Hall–Kier alpha value is -0.240. The van der Waals surface area contributed by atoms with Crippen molar-refractivity contribution in [2.45, 2.75) is 24.2 Å². The highest BCUT2D eigenvalue weighted by atomic mass is 15.2. The molecule has 84 valence electrons. The Labute approximate surface area is 84.7 Å². The van der Waals surface area contributed by atoms with Gasteiger partial charge in [0.05, 0.1) is 0 Å². The summed E-state index contributed by atoms with van der Waals surface area (Å²) in [4.78, 5) is 0. The number of rotatable bonds is 4. The zero-order valence-corrected chi connectivity index (χ0v) is 8.45. The van der Waals surface area contributed by atoms with Crippen LogP contribution in [-0.4, -0.2) is 50.3 Å². The Morgan fingerprint density at radius 2 is 0.786 bits per heavy atom. The molecule has 4 atom stereocenters. The molecule has 1 heterocycles. The maximum atomic E-state index is 5.64. The summed E-state index contributed by atoms with van der Waals surface area (Å²) in [5.41, 5.74) is 22.6. The predicted octanol–water partition coefficient (Wildman–Crippen LogP) is -3.51. The molecule has 0 spiro atoms. The van der Waals surface area contributed by atoms with E-state index in [1.165, 1.54) is 0 Å². The van der Waals surface area contributed by atoms with Crippen molar-refractivity contribution in [3.63, 3.8) is 0 Å². The first-order chi connectivity index (χ1) is 6.76. The normalized spacial score (nSPS) is 38.6. The van der Waals surface area contributed by atoms with Gasteiger partial charge >= 0.3 is 0 Å². The molecule has 0 aromatic rings. The highest BCUT2D eigenvalue weighted by Crippen LogP contribution is 2.05. The topological polar surface area (TPSA) is 128 Å². The first-order valence-electron chi connectivity index (χ1n) is 5.09. The van der Waals surface area contributed by atoms with Gasteiger partial charge in [-0.1, -0.05) is 0 Å². The van der Waals surface area contributed by atoms with E-state index in [1.807, 2.05) is 0 Å². The predicted molar refractivity (Wildman–Crippen MR) is 57.6 cm³/mol. The van der Waals surface area contributed by atoms with Gasteiger partial charge in [-0.05, 0) is 0 Å². The zero-order chi connectivity index (χ0) is 10.6. The van der Waals surface area contributed by atoms with Gasteiger partial charge in [0.15, 0.2) is 0 Å². The van der Waals surface area contributed by atoms with Gasteiger partial charge in [-0.15, -0.1) is 0 Å². The average Bonchev–Trinajstić information content (AvgIpc) is 2.26. The first-order valence-corrected chi connectivity index (χ1v) is 5.09. The summed E-state index contributed by atoms with van der Waals surface area (Å²) in [7, 11) is 0. The Morgan fingerprint density at radius 1 is 0.571 bits per heavy atom. The number of piperazine rings is 1. The maximum absolute atomic E-state index is 5.64. The van der Waals surface area contributed by atoms with Crippen LogP contribution >= 0.6 is 0 Å². The molecule has 0 aromatic heterocycles. The van der Waals surface area contributed by atoms with E-state index in [1.54, 1.807) is 0 Å². The van der Waals surface area contributed by atoms with Gasteiger partial charge in [0.25, 0.3) is 0 Å². The second-order valence-electron chi connectivity index (χ2n) is 3.70. The van der Waals surface area contributed by atoms with Crippen molar-refractivity contribution in [1.29, 1.82) is 0 Å². The minimum Gasteiger partial charge on any atom is -0.329 e. The van der Waals surface area contributed by atoms with E-state index in [9.17, 15) is 0 Å². The molecule has 0 amide bonds. The average molecular weight is 202 g/mol. The minimum absolute atomic E-state index is 0.191. The van der Waals surface area contributed by atoms with E-state index in [2.05, 4.69) is 10.6 Å². The third-order valence-corrected chi connectivity index (χ3v) is 2.84. The molecular weight excluding hydrogens is 180 g/mol. The van der Waals surface area contributed by atoms with Gasteiger partial charge in [0, 0.05) is 50.3 Å². The molecule has 0 radical (unpaired) electrons. The standard InChI is InChI=1S/C8H22N6/c9-1-5-6(2-10)14-8(4-12)7(3-11)13-5/h5-8,13-14H,1-4,9-12H2. The molecule has 4 unspecified atom stereocenters. The molecule has 14 heavy (non-hydrogen) atoms. The van der Waals surface area contributed by atoms with Gasteiger partial charge in [-0.25, -0.2) is 0 Å². The van der Waals surface area contributed by atoms with Crippen molar-refractivity contribution in [2.24, 2.45) is 22.9 Å². The summed E-state index contributed by atoms with van der Waals surface area (Å²) in [6, 6.07) is 0.764. The number of nitrogens with two attached hydrogens (primary N) is 4. The molecule has 1 aliphatic heterocycles. The molecule has 10 N–H and O–H groups in total. The smallest absolute Gasteiger partial charge is 0.0360 e. The largest absolute Gasteiger partial charge is 0.329 e. The van der Waals surface area contributed by atoms with Crippen molar-refractivity contribution < 1.29 is 0 Å². The monoisotopic (exact) mass is 202 g/mol. The Balaban J connectivity index is 2.59. The van der Waals surface area contributed by atoms with Crippen molar-refractivity contribution in [1.82, 2.24) is 10.6 Å². The Kier molecular flexibility index (Phi) is 4.73. The molecule has 6 nitrogen and oxygen atoms in total. The molecule has 0 aliphatic carbocycles. The van der Waals surface area contributed by atoms with Crippen LogP contribution in [0.15, 0.2) is 0 Å². The molecule has 0 aromatic carbocycles. The molecule has 0 bridgehead atoms. The molecule has 0 saturated carbocycles.